The fraction of sp³-hybridized carbons (Fsp3) is 0.632. The first-order chi connectivity index (χ1) is 12.5. The van der Waals surface area contributed by atoms with E-state index in [0.717, 1.165) is 31.7 Å². The lowest BCUT2D eigenvalue weighted by Crippen LogP contribution is -2.42. The SMILES string of the molecule is CCNC(=NCc1cc(C)ccc1OC(F)F)NCC1CCN(C)CC1. The molecule has 26 heavy (non-hydrogen) atoms. The van der Waals surface area contributed by atoms with Crippen molar-refractivity contribution in [2.24, 2.45) is 10.9 Å². The Kier molecular flexibility index (Phi) is 8.09. The highest BCUT2D eigenvalue weighted by Crippen LogP contribution is 2.23. The van der Waals surface area contributed by atoms with Crippen molar-refractivity contribution in [1.29, 1.82) is 0 Å². The van der Waals surface area contributed by atoms with Gasteiger partial charge in [-0.05, 0) is 58.8 Å². The summed E-state index contributed by atoms with van der Waals surface area (Å²) in [7, 11) is 2.15. The van der Waals surface area contributed by atoms with Crippen molar-refractivity contribution in [3.8, 4) is 5.75 Å². The third kappa shape index (κ3) is 6.78. The number of aryl methyl sites for hydroxylation is 1. The maximum atomic E-state index is 12.6. The summed E-state index contributed by atoms with van der Waals surface area (Å²) >= 11 is 0. The summed E-state index contributed by atoms with van der Waals surface area (Å²) in [5.41, 5.74) is 1.64. The summed E-state index contributed by atoms with van der Waals surface area (Å²) in [6.07, 6.45) is 2.35. The van der Waals surface area contributed by atoms with Gasteiger partial charge in [-0.1, -0.05) is 17.7 Å². The molecular weight excluding hydrogens is 338 g/mol. The first-order valence-electron chi connectivity index (χ1n) is 9.23. The van der Waals surface area contributed by atoms with Crippen LogP contribution in [0.25, 0.3) is 0 Å². The number of aliphatic imine (C=N–C) groups is 1. The Labute approximate surface area is 154 Å². The van der Waals surface area contributed by atoms with E-state index < -0.39 is 6.61 Å². The maximum Gasteiger partial charge on any atom is 0.387 e. The van der Waals surface area contributed by atoms with E-state index in [2.05, 4.69) is 32.3 Å². The molecule has 1 aromatic carbocycles. The molecule has 1 aliphatic rings. The summed E-state index contributed by atoms with van der Waals surface area (Å²) in [5.74, 6) is 1.52. The Hall–Kier alpha value is -1.89. The number of alkyl halides is 2. The molecule has 2 rings (SSSR count). The van der Waals surface area contributed by atoms with E-state index in [-0.39, 0.29) is 12.3 Å². The number of ether oxygens (including phenoxy) is 1. The molecule has 0 saturated carbocycles. The highest BCUT2D eigenvalue weighted by molar-refractivity contribution is 5.79. The molecule has 0 spiro atoms. The van der Waals surface area contributed by atoms with E-state index in [1.54, 1.807) is 12.1 Å². The molecule has 2 N–H and O–H groups in total. The summed E-state index contributed by atoms with van der Waals surface area (Å²) in [4.78, 5) is 6.90. The molecule has 1 aliphatic heterocycles. The molecular formula is C19H30F2N4O. The predicted molar refractivity (Wildman–Crippen MR) is 101 cm³/mol. The van der Waals surface area contributed by atoms with Crippen LogP contribution in [0.1, 0.15) is 30.9 Å². The normalized spacial score (nSPS) is 16.8. The molecule has 5 nitrogen and oxygen atoms in total. The molecule has 1 saturated heterocycles. The van der Waals surface area contributed by atoms with Gasteiger partial charge in [0, 0.05) is 18.7 Å². The molecule has 146 valence electrons. The first kappa shape index (κ1) is 20.4. The minimum absolute atomic E-state index is 0.181. The quantitative estimate of drug-likeness (QED) is 0.574. The van der Waals surface area contributed by atoms with E-state index in [9.17, 15) is 8.78 Å². The molecule has 0 unspecified atom stereocenters. The standard InChI is InChI=1S/C19H30F2N4O/c1-4-22-19(23-12-15-7-9-25(3)10-8-15)24-13-16-11-14(2)5-6-17(16)26-18(20)21/h5-6,11,15,18H,4,7-10,12-13H2,1-3H3,(H2,22,23,24). The van der Waals surface area contributed by atoms with Crippen LogP contribution in [0.2, 0.25) is 0 Å². The number of nitrogens with zero attached hydrogens (tertiary/aromatic N) is 2. The molecule has 0 aliphatic carbocycles. The Bertz CT molecular complexity index is 587. The van der Waals surface area contributed by atoms with Crippen LogP contribution in [0.3, 0.4) is 0 Å². The van der Waals surface area contributed by atoms with Gasteiger partial charge in [0.1, 0.15) is 5.75 Å². The second kappa shape index (κ2) is 10.3. The highest BCUT2D eigenvalue weighted by atomic mass is 19.3. The van der Waals surface area contributed by atoms with Crippen LogP contribution in [-0.4, -0.2) is 50.7 Å². The lowest BCUT2D eigenvalue weighted by Gasteiger charge is -2.29. The lowest BCUT2D eigenvalue weighted by atomic mass is 9.97. The van der Waals surface area contributed by atoms with Gasteiger partial charge in [0.05, 0.1) is 6.54 Å². The van der Waals surface area contributed by atoms with Gasteiger partial charge < -0.3 is 20.3 Å². The number of benzene rings is 1. The number of guanidine groups is 1. The zero-order valence-corrected chi connectivity index (χ0v) is 15.9. The molecule has 0 bridgehead atoms. The Morgan fingerprint density at radius 3 is 2.69 bits per heavy atom. The lowest BCUT2D eigenvalue weighted by molar-refractivity contribution is -0.0504. The van der Waals surface area contributed by atoms with E-state index in [0.29, 0.717) is 17.4 Å². The molecule has 1 aromatic rings. The number of piperidine rings is 1. The summed E-state index contributed by atoms with van der Waals surface area (Å²) < 4.78 is 29.8. The van der Waals surface area contributed by atoms with E-state index in [1.165, 1.54) is 12.8 Å². The topological polar surface area (TPSA) is 48.9 Å². The first-order valence-corrected chi connectivity index (χ1v) is 9.23. The average molecular weight is 368 g/mol. The van der Waals surface area contributed by atoms with Gasteiger partial charge in [-0.3, -0.25) is 0 Å². The van der Waals surface area contributed by atoms with Crippen LogP contribution in [0.4, 0.5) is 8.78 Å². The average Bonchev–Trinajstić information content (AvgIpc) is 2.60. The van der Waals surface area contributed by atoms with Crippen LogP contribution < -0.4 is 15.4 Å². The number of likely N-dealkylation sites (tertiary alicyclic amines) is 1. The van der Waals surface area contributed by atoms with Crippen molar-refractivity contribution < 1.29 is 13.5 Å². The third-order valence-electron chi connectivity index (χ3n) is 4.58. The van der Waals surface area contributed by atoms with Gasteiger partial charge in [0.25, 0.3) is 0 Å². The van der Waals surface area contributed by atoms with Crippen LogP contribution in [-0.2, 0) is 6.54 Å². The van der Waals surface area contributed by atoms with Crippen molar-refractivity contribution in [2.45, 2.75) is 39.8 Å². The largest absolute Gasteiger partial charge is 0.434 e. The van der Waals surface area contributed by atoms with E-state index in [4.69, 9.17) is 0 Å². The summed E-state index contributed by atoms with van der Waals surface area (Å²) in [5, 5.41) is 6.60. The van der Waals surface area contributed by atoms with Crippen molar-refractivity contribution in [2.75, 3.05) is 33.2 Å². The second-order valence-corrected chi connectivity index (χ2v) is 6.81. The van der Waals surface area contributed by atoms with Gasteiger partial charge in [-0.25, -0.2) is 4.99 Å². The van der Waals surface area contributed by atoms with Crippen LogP contribution in [0.15, 0.2) is 23.2 Å². The summed E-state index contributed by atoms with van der Waals surface area (Å²) in [6.45, 7) is 5.23. The molecule has 1 heterocycles. The molecule has 0 amide bonds. The fourth-order valence-corrected chi connectivity index (χ4v) is 3.06. The van der Waals surface area contributed by atoms with Gasteiger partial charge in [0.2, 0.25) is 0 Å². The molecule has 0 atom stereocenters. The number of rotatable bonds is 7. The van der Waals surface area contributed by atoms with Crippen molar-refractivity contribution >= 4 is 5.96 Å². The van der Waals surface area contributed by atoms with Gasteiger partial charge in [0.15, 0.2) is 5.96 Å². The van der Waals surface area contributed by atoms with E-state index in [1.807, 2.05) is 19.9 Å². The molecule has 0 aromatic heterocycles. The third-order valence-corrected chi connectivity index (χ3v) is 4.58. The van der Waals surface area contributed by atoms with Gasteiger partial charge in [-0.15, -0.1) is 0 Å². The van der Waals surface area contributed by atoms with Crippen LogP contribution >= 0.6 is 0 Å². The monoisotopic (exact) mass is 368 g/mol. The Morgan fingerprint density at radius 1 is 1.31 bits per heavy atom. The zero-order valence-electron chi connectivity index (χ0n) is 15.9. The smallest absolute Gasteiger partial charge is 0.387 e. The van der Waals surface area contributed by atoms with Crippen LogP contribution in [0.5, 0.6) is 5.75 Å². The maximum absolute atomic E-state index is 12.6. The van der Waals surface area contributed by atoms with Crippen LogP contribution in [0, 0.1) is 12.8 Å². The molecule has 0 radical (unpaired) electrons. The van der Waals surface area contributed by atoms with Gasteiger partial charge in [-0.2, -0.15) is 8.78 Å². The zero-order chi connectivity index (χ0) is 18.9. The summed E-state index contributed by atoms with van der Waals surface area (Å²) in [6, 6.07) is 5.17. The Morgan fingerprint density at radius 2 is 2.04 bits per heavy atom. The molecule has 7 heteroatoms. The minimum atomic E-state index is -2.84. The second-order valence-electron chi connectivity index (χ2n) is 6.81. The number of nitrogens with one attached hydrogen (secondary N) is 2. The van der Waals surface area contributed by atoms with Gasteiger partial charge >= 0.3 is 6.61 Å². The van der Waals surface area contributed by atoms with Crippen molar-refractivity contribution in [1.82, 2.24) is 15.5 Å². The number of hydrogen-bond donors (Lipinski definition) is 2. The van der Waals surface area contributed by atoms with E-state index >= 15 is 0 Å². The molecule has 1 fully saturated rings. The Balaban J connectivity index is 1.98. The van der Waals surface area contributed by atoms with Crippen molar-refractivity contribution in [3.63, 3.8) is 0 Å². The predicted octanol–water partition coefficient (Wildman–Crippen LogP) is 2.99. The highest BCUT2D eigenvalue weighted by Gasteiger charge is 2.17. The minimum Gasteiger partial charge on any atom is -0.434 e. The number of hydrogen-bond acceptors (Lipinski definition) is 3. The van der Waals surface area contributed by atoms with Crippen molar-refractivity contribution in [3.05, 3.63) is 29.3 Å². The number of halogens is 2. The fourth-order valence-electron chi connectivity index (χ4n) is 3.06.